The first kappa shape index (κ1) is 15.8. The maximum Gasteiger partial charge on any atom is 0.0619 e. The smallest absolute Gasteiger partial charge is 0.0619 e. The SMILES string of the molecule is Cn1c2cccc3c4cccc5c6cc7ccccc7cc6n(c6cccc1c6c32)c45. The summed E-state index contributed by atoms with van der Waals surface area (Å²) in [6.07, 6.45) is 0. The summed E-state index contributed by atoms with van der Waals surface area (Å²) in [5.41, 5.74) is 6.43. The summed E-state index contributed by atoms with van der Waals surface area (Å²) < 4.78 is 4.85. The second kappa shape index (κ2) is 5.16. The lowest BCUT2D eigenvalue weighted by atomic mass is 10.0. The van der Waals surface area contributed by atoms with Crippen LogP contribution in [-0.4, -0.2) is 8.97 Å². The summed E-state index contributed by atoms with van der Waals surface area (Å²) in [6, 6.07) is 33.7. The molecular formula is C29H18N2. The molecule has 0 unspecified atom stereocenters. The second-order valence-electron chi connectivity index (χ2n) is 8.68. The zero-order valence-electron chi connectivity index (χ0n) is 17.1. The third kappa shape index (κ3) is 1.72. The average Bonchev–Trinajstić information content (AvgIpc) is 3.25. The number of nitrogens with zero attached hydrogens (tertiary/aromatic N) is 2. The first-order valence-electron chi connectivity index (χ1n) is 10.8. The molecule has 0 aliphatic heterocycles. The number of benzene rings is 5. The Balaban J connectivity index is 1.86. The molecule has 5 aromatic carbocycles. The van der Waals surface area contributed by atoms with E-state index in [0.29, 0.717) is 0 Å². The van der Waals surface area contributed by atoms with Crippen molar-refractivity contribution in [2.45, 2.75) is 0 Å². The van der Waals surface area contributed by atoms with E-state index in [2.05, 4.69) is 107 Å². The van der Waals surface area contributed by atoms with Gasteiger partial charge in [-0.2, -0.15) is 0 Å². The van der Waals surface area contributed by atoms with E-state index in [1.54, 1.807) is 0 Å². The Hall–Kier alpha value is -4.04. The van der Waals surface area contributed by atoms with Gasteiger partial charge in [-0.05, 0) is 46.5 Å². The fourth-order valence-corrected chi connectivity index (χ4v) is 5.91. The van der Waals surface area contributed by atoms with Gasteiger partial charge < -0.3 is 8.97 Å². The van der Waals surface area contributed by atoms with Crippen LogP contribution < -0.4 is 0 Å². The van der Waals surface area contributed by atoms with Crippen LogP contribution in [0.25, 0.3) is 70.7 Å². The second-order valence-corrected chi connectivity index (χ2v) is 8.68. The van der Waals surface area contributed by atoms with Gasteiger partial charge in [0.05, 0.1) is 22.1 Å². The van der Waals surface area contributed by atoms with E-state index in [0.717, 1.165) is 0 Å². The number of para-hydroxylation sites is 1. The average molecular weight is 394 g/mol. The summed E-state index contributed by atoms with van der Waals surface area (Å²) in [4.78, 5) is 0. The van der Waals surface area contributed by atoms with Crippen molar-refractivity contribution in [2.75, 3.05) is 0 Å². The van der Waals surface area contributed by atoms with Crippen LogP contribution in [0.3, 0.4) is 0 Å². The van der Waals surface area contributed by atoms with Crippen molar-refractivity contribution in [1.29, 1.82) is 0 Å². The Labute approximate surface area is 177 Å². The van der Waals surface area contributed by atoms with Gasteiger partial charge >= 0.3 is 0 Å². The van der Waals surface area contributed by atoms with E-state index in [1.807, 2.05) is 0 Å². The molecule has 0 N–H and O–H groups in total. The van der Waals surface area contributed by atoms with Crippen molar-refractivity contribution in [3.63, 3.8) is 0 Å². The zero-order valence-corrected chi connectivity index (χ0v) is 17.1. The molecule has 8 rings (SSSR count). The monoisotopic (exact) mass is 394 g/mol. The molecule has 0 aliphatic carbocycles. The summed E-state index contributed by atoms with van der Waals surface area (Å²) in [6.45, 7) is 0. The molecule has 0 bridgehead atoms. The minimum absolute atomic E-state index is 1.27. The minimum atomic E-state index is 1.27. The molecular weight excluding hydrogens is 376 g/mol. The van der Waals surface area contributed by atoms with E-state index in [1.165, 1.54) is 70.7 Å². The fraction of sp³-hybridized carbons (Fsp3) is 0.0345. The summed E-state index contributed by atoms with van der Waals surface area (Å²) in [7, 11) is 2.18. The van der Waals surface area contributed by atoms with Gasteiger partial charge in [0.1, 0.15) is 0 Å². The Bertz CT molecular complexity index is 2000. The van der Waals surface area contributed by atoms with Crippen molar-refractivity contribution >= 4 is 70.7 Å². The number of fused-ring (bicyclic) bond motifs is 6. The molecule has 31 heavy (non-hydrogen) atoms. The summed E-state index contributed by atoms with van der Waals surface area (Å²) >= 11 is 0. The van der Waals surface area contributed by atoms with Gasteiger partial charge in [0.25, 0.3) is 0 Å². The molecule has 3 heterocycles. The van der Waals surface area contributed by atoms with Gasteiger partial charge in [-0.25, -0.2) is 0 Å². The van der Waals surface area contributed by atoms with Gasteiger partial charge in [0.2, 0.25) is 0 Å². The highest BCUT2D eigenvalue weighted by atomic mass is 15.0. The fourth-order valence-electron chi connectivity index (χ4n) is 5.91. The van der Waals surface area contributed by atoms with E-state index < -0.39 is 0 Å². The molecule has 0 atom stereocenters. The highest BCUT2D eigenvalue weighted by molar-refractivity contribution is 6.31. The van der Waals surface area contributed by atoms with Gasteiger partial charge in [0, 0.05) is 39.5 Å². The predicted molar refractivity (Wildman–Crippen MR) is 133 cm³/mol. The quantitative estimate of drug-likeness (QED) is 0.250. The number of aromatic nitrogens is 2. The van der Waals surface area contributed by atoms with Gasteiger partial charge in [-0.1, -0.05) is 60.7 Å². The summed E-state index contributed by atoms with van der Waals surface area (Å²) in [5, 5.41) is 10.6. The molecule has 0 fully saturated rings. The number of rotatable bonds is 0. The largest absolute Gasteiger partial charge is 0.344 e. The lowest BCUT2D eigenvalue weighted by Gasteiger charge is -2.04. The Morgan fingerprint density at radius 2 is 1.10 bits per heavy atom. The lowest BCUT2D eigenvalue weighted by molar-refractivity contribution is 1.01. The van der Waals surface area contributed by atoms with Gasteiger partial charge in [0.15, 0.2) is 0 Å². The predicted octanol–water partition coefficient (Wildman–Crippen LogP) is 7.63. The van der Waals surface area contributed by atoms with Crippen molar-refractivity contribution < 1.29 is 0 Å². The van der Waals surface area contributed by atoms with E-state index in [-0.39, 0.29) is 0 Å². The third-order valence-electron chi connectivity index (χ3n) is 7.22. The molecule has 2 heteroatoms. The molecule has 8 aromatic rings. The van der Waals surface area contributed by atoms with Gasteiger partial charge in [-0.15, -0.1) is 0 Å². The molecule has 0 saturated carbocycles. The molecule has 0 radical (unpaired) electrons. The number of aryl methyl sites for hydroxylation is 1. The minimum Gasteiger partial charge on any atom is -0.344 e. The zero-order chi connectivity index (χ0) is 20.3. The van der Waals surface area contributed by atoms with Crippen LogP contribution in [0.4, 0.5) is 0 Å². The molecule has 0 spiro atoms. The van der Waals surface area contributed by atoms with E-state index >= 15 is 0 Å². The molecule has 0 amide bonds. The molecule has 2 nitrogen and oxygen atoms in total. The maximum absolute atomic E-state index is 2.51. The normalized spacial score (nSPS) is 12.7. The standard InChI is InChI=1S/C29H18N2/c1-30-23-12-5-9-19-20-10-4-11-21-22-15-17-7-2-3-8-18(17)16-26(22)31(29(20)21)25-14-6-13-24(30)28(25)27(19)23/h2-16H,1H3. The number of hydrogen-bond acceptors (Lipinski definition) is 0. The topological polar surface area (TPSA) is 9.34 Å². The van der Waals surface area contributed by atoms with Crippen LogP contribution in [0.5, 0.6) is 0 Å². The number of hydrogen-bond donors (Lipinski definition) is 0. The van der Waals surface area contributed by atoms with Crippen LogP contribution in [0.15, 0.2) is 91.0 Å². The van der Waals surface area contributed by atoms with Crippen LogP contribution in [0, 0.1) is 0 Å². The molecule has 3 aromatic heterocycles. The van der Waals surface area contributed by atoms with Crippen LogP contribution in [0.2, 0.25) is 0 Å². The maximum atomic E-state index is 2.51. The highest BCUT2D eigenvalue weighted by Crippen LogP contribution is 2.43. The van der Waals surface area contributed by atoms with Crippen LogP contribution >= 0.6 is 0 Å². The van der Waals surface area contributed by atoms with Crippen molar-refractivity contribution in [2.24, 2.45) is 7.05 Å². The molecule has 0 aliphatic rings. The third-order valence-corrected chi connectivity index (χ3v) is 7.22. The molecule has 0 saturated heterocycles. The first-order valence-corrected chi connectivity index (χ1v) is 10.8. The Morgan fingerprint density at radius 1 is 0.484 bits per heavy atom. The molecule has 144 valence electrons. The van der Waals surface area contributed by atoms with E-state index in [9.17, 15) is 0 Å². The lowest BCUT2D eigenvalue weighted by Crippen LogP contribution is -1.89. The Kier molecular flexibility index (Phi) is 2.62. The van der Waals surface area contributed by atoms with Gasteiger partial charge in [-0.3, -0.25) is 0 Å². The summed E-state index contributed by atoms with van der Waals surface area (Å²) in [5.74, 6) is 0. The van der Waals surface area contributed by atoms with Crippen LogP contribution in [-0.2, 0) is 7.05 Å². The highest BCUT2D eigenvalue weighted by Gasteiger charge is 2.20. The van der Waals surface area contributed by atoms with Crippen LogP contribution in [0.1, 0.15) is 0 Å². The van der Waals surface area contributed by atoms with Crippen molar-refractivity contribution in [1.82, 2.24) is 8.97 Å². The van der Waals surface area contributed by atoms with E-state index in [4.69, 9.17) is 0 Å². The first-order chi connectivity index (χ1) is 15.3. The van der Waals surface area contributed by atoms with Crippen molar-refractivity contribution in [3.05, 3.63) is 91.0 Å². The Morgan fingerprint density at radius 3 is 1.94 bits per heavy atom. The van der Waals surface area contributed by atoms with Crippen molar-refractivity contribution in [3.8, 4) is 0 Å².